The summed E-state index contributed by atoms with van der Waals surface area (Å²) < 4.78 is 0. The molecule has 15 heavy (non-hydrogen) atoms. The zero-order valence-electron chi connectivity index (χ0n) is 9.03. The van der Waals surface area contributed by atoms with Gasteiger partial charge in [-0.15, -0.1) is 0 Å². The molecule has 0 N–H and O–H groups in total. The van der Waals surface area contributed by atoms with Crippen LogP contribution in [0.5, 0.6) is 0 Å². The minimum absolute atomic E-state index is 0.0363. The Morgan fingerprint density at radius 3 is 2.40 bits per heavy atom. The number of ketones is 2. The van der Waals surface area contributed by atoms with Crippen molar-refractivity contribution in [3.05, 3.63) is 23.8 Å². The molecular formula is C13H16O2. The Balaban J connectivity index is 2.10. The molecule has 0 aromatic carbocycles. The summed E-state index contributed by atoms with van der Waals surface area (Å²) in [6.45, 7) is 2.25. The van der Waals surface area contributed by atoms with Crippen molar-refractivity contribution in [2.24, 2.45) is 11.8 Å². The predicted octanol–water partition coefficient (Wildman–Crippen LogP) is 2.45. The van der Waals surface area contributed by atoms with Crippen molar-refractivity contribution in [1.29, 1.82) is 0 Å². The second-order valence-corrected chi connectivity index (χ2v) is 4.66. The van der Waals surface area contributed by atoms with Crippen molar-refractivity contribution in [3.8, 4) is 0 Å². The lowest BCUT2D eigenvalue weighted by atomic mass is 9.77. The molecule has 1 saturated carbocycles. The van der Waals surface area contributed by atoms with E-state index in [1.54, 1.807) is 0 Å². The molecule has 0 unspecified atom stereocenters. The van der Waals surface area contributed by atoms with E-state index in [0.29, 0.717) is 5.92 Å². The summed E-state index contributed by atoms with van der Waals surface area (Å²) in [4.78, 5) is 22.8. The van der Waals surface area contributed by atoms with Crippen molar-refractivity contribution in [3.63, 3.8) is 0 Å². The Morgan fingerprint density at radius 2 is 1.73 bits per heavy atom. The van der Waals surface area contributed by atoms with Gasteiger partial charge in [-0.25, -0.2) is 0 Å². The maximum absolute atomic E-state index is 11.6. The van der Waals surface area contributed by atoms with Gasteiger partial charge in [-0.05, 0) is 42.9 Å². The smallest absolute Gasteiger partial charge is 0.182 e. The molecule has 0 amide bonds. The van der Waals surface area contributed by atoms with Crippen LogP contribution in [-0.2, 0) is 9.59 Å². The van der Waals surface area contributed by atoms with Crippen molar-refractivity contribution in [1.82, 2.24) is 0 Å². The van der Waals surface area contributed by atoms with Gasteiger partial charge in [0.2, 0.25) is 0 Å². The lowest BCUT2D eigenvalue weighted by Crippen LogP contribution is -2.20. The van der Waals surface area contributed by atoms with Crippen LogP contribution in [0, 0.1) is 11.8 Å². The van der Waals surface area contributed by atoms with Gasteiger partial charge in [-0.3, -0.25) is 9.59 Å². The first kappa shape index (κ1) is 10.3. The van der Waals surface area contributed by atoms with Crippen LogP contribution in [0.2, 0.25) is 0 Å². The fourth-order valence-corrected chi connectivity index (χ4v) is 2.42. The van der Waals surface area contributed by atoms with Crippen LogP contribution in [-0.4, -0.2) is 11.6 Å². The molecule has 0 heterocycles. The van der Waals surface area contributed by atoms with Crippen LogP contribution in [0.15, 0.2) is 23.8 Å². The Morgan fingerprint density at radius 1 is 1.07 bits per heavy atom. The molecule has 0 aromatic rings. The molecule has 80 valence electrons. The van der Waals surface area contributed by atoms with Crippen molar-refractivity contribution >= 4 is 11.6 Å². The Bertz CT molecular complexity index is 342. The Hall–Kier alpha value is -1.18. The molecule has 2 heteroatoms. The monoisotopic (exact) mass is 204 g/mol. The fourth-order valence-electron chi connectivity index (χ4n) is 2.42. The summed E-state index contributed by atoms with van der Waals surface area (Å²) in [5.41, 5.74) is 0.745. The molecule has 0 atom stereocenters. The summed E-state index contributed by atoms with van der Waals surface area (Å²) in [6.07, 6.45) is 8.76. The summed E-state index contributed by atoms with van der Waals surface area (Å²) in [6, 6.07) is 0. The highest BCUT2D eigenvalue weighted by Crippen LogP contribution is 2.34. The predicted molar refractivity (Wildman–Crippen MR) is 58.4 cm³/mol. The third-order valence-corrected chi connectivity index (χ3v) is 3.44. The van der Waals surface area contributed by atoms with E-state index in [1.807, 2.05) is 0 Å². The quantitative estimate of drug-likeness (QED) is 0.615. The van der Waals surface area contributed by atoms with Crippen LogP contribution < -0.4 is 0 Å². The van der Waals surface area contributed by atoms with Gasteiger partial charge in [0.1, 0.15) is 0 Å². The maximum atomic E-state index is 11.6. The second kappa shape index (κ2) is 4.13. The highest BCUT2D eigenvalue weighted by molar-refractivity contribution is 6.17. The second-order valence-electron chi connectivity index (χ2n) is 4.66. The summed E-state index contributed by atoms with van der Waals surface area (Å²) in [5.74, 6) is 1.09. The van der Waals surface area contributed by atoms with Gasteiger partial charge < -0.3 is 0 Å². The van der Waals surface area contributed by atoms with Gasteiger partial charge >= 0.3 is 0 Å². The molecule has 0 saturated heterocycles. The third-order valence-electron chi connectivity index (χ3n) is 3.44. The number of hydrogen-bond donors (Lipinski definition) is 0. The molecule has 2 nitrogen and oxygen atoms in total. The van der Waals surface area contributed by atoms with E-state index in [0.717, 1.165) is 24.3 Å². The van der Waals surface area contributed by atoms with E-state index >= 15 is 0 Å². The van der Waals surface area contributed by atoms with Crippen molar-refractivity contribution < 1.29 is 9.59 Å². The zero-order chi connectivity index (χ0) is 10.8. The molecule has 0 aromatic heterocycles. The molecule has 0 radical (unpaired) electrons. The number of allylic oxidation sites excluding steroid dienone is 4. The van der Waals surface area contributed by atoms with Gasteiger partial charge in [0.15, 0.2) is 11.6 Å². The van der Waals surface area contributed by atoms with Crippen LogP contribution in [0.25, 0.3) is 0 Å². The molecule has 2 aliphatic carbocycles. The first-order valence-corrected chi connectivity index (χ1v) is 5.65. The van der Waals surface area contributed by atoms with E-state index in [9.17, 15) is 9.59 Å². The normalized spacial score (nSPS) is 31.7. The lowest BCUT2D eigenvalue weighted by Gasteiger charge is -2.27. The SMILES string of the molecule is CC1CCC(C2=CC(=O)C=CC2=O)CC1. The van der Waals surface area contributed by atoms with Gasteiger partial charge in [-0.1, -0.05) is 19.8 Å². The molecule has 1 fully saturated rings. The summed E-state index contributed by atoms with van der Waals surface area (Å²) >= 11 is 0. The standard InChI is InChI=1S/C13H16O2/c1-9-2-4-10(5-3-9)12-8-11(14)6-7-13(12)15/h6-10H,2-5H2,1H3. The molecule has 0 spiro atoms. The molecular weight excluding hydrogens is 188 g/mol. The van der Waals surface area contributed by atoms with Gasteiger partial charge in [0.25, 0.3) is 0 Å². The van der Waals surface area contributed by atoms with Crippen LogP contribution in [0.4, 0.5) is 0 Å². The lowest BCUT2D eigenvalue weighted by molar-refractivity contribution is -0.115. The first-order chi connectivity index (χ1) is 7.16. The first-order valence-electron chi connectivity index (χ1n) is 5.65. The topological polar surface area (TPSA) is 34.1 Å². The Kier molecular flexibility index (Phi) is 2.85. The number of carbonyl (C=O) groups is 2. The van der Waals surface area contributed by atoms with E-state index in [1.165, 1.54) is 31.1 Å². The average molecular weight is 204 g/mol. The van der Waals surface area contributed by atoms with Crippen LogP contribution >= 0.6 is 0 Å². The van der Waals surface area contributed by atoms with E-state index in [4.69, 9.17) is 0 Å². The minimum atomic E-state index is -0.0387. The minimum Gasteiger partial charge on any atom is -0.290 e. The Labute approximate surface area is 90.1 Å². The van der Waals surface area contributed by atoms with Crippen LogP contribution in [0.3, 0.4) is 0 Å². The van der Waals surface area contributed by atoms with Crippen LogP contribution in [0.1, 0.15) is 32.6 Å². The number of carbonyl (C=O) groups excluding carboxylic acids is 2. The van der Waals surface area contributed by atoms with E-state index in [2.05, 4.69) is 6.92 Å². The maximum Gasteiger partial charge on any atom is 0.182 e. The van der Waals surface area contributed by atoms with Gasteiger partial charge in [-0.2, -0.15) is 0 Å². The zero-order valence-corrected chi connectivity index (χ0v) is 9.03. The third kappa shape index (κ3) is 2.25. The largest absolute Gasteiger partial charge is 0.290 e. The molecule has 0 aliphatic heterocycles. The average Bonchev–Trinajstić information content (AvgIpc) is 2.23. The highest BCUT2D eigenvalue weighted by atomic mass is 16.1. The van der Waals surface area contributed by atoms with Gasteiger partial charge in [0, 0.05) is 5.57 Å². The summed E-state index contributed by atoms with van der Waals surface area (Å²) in [5, 5.41) is 0. The number of hydrogen-bond acceptors (Lipinski definition) is 2. The molecule has 2 rings (SSSR count). The highest BCUT2D eigenvalue weighted by Gasteiger charge is 2.26. The molecule has 0 bridgehead atoms. The molecule has 2 aliphatic rings. The number of rotatable bonds is 1. The van der Waals surface area contributed by atoms with Crippen molar-refractivity contribution in [2.75, 3.05) is 0 Å². The van der Waals surface area contributed by atoms with Gasteiger partial charge in [0.05, 0.1) is 0 Å². The van der Waals surface area contributed by atoms with E-state index in [-0.39, 0.29) is 11.6 Å². The fraction of sp³-hybridized carbons (Fsp3) is 0.538. The van der Waals surface area contributed by atoms with E-state index < -0.39 is 0 Å². The van der Waals surface area contributed by atoms with Crippen molar-refractivity contribution in [2.45, 2.75) is 32.6 Å². The summed E-state index contributed by atoms with van der Waals surface area (Å²) in [7, 11) is 0.